The Morgan fingerprint density at radius 3 is 2.28 bits per heavy atom. The van der Waals surface area contributed by atoms with E-state index in [1.54, 1.807) is 0 Å². The topological polar surface area (TPSA) is 18.5 Å². The Labute approximate surface area is 116 Å². The SMILES string of the molecule is C=Cc1ccc(O[Si](C)(C)C)c(O[Si])c1[Si](C)C. The first kappa shape index (κ1) is 15.3. The molecule has 0 amide bonds. The maximum Gasteiger partial charge on any atom is 0.341 e. The van der Waals surface area contributed by atoms with Gasteiger partial charge < -0.3 is 8.85 Å². The van der Waals surface area contributed by atoms with E-state index in [9.17, 15) is 0 Å². The molecule has 18 heavy (non-hydrogen) atoms. The summed E-state index contributed by atoms with van der Waals surface area (Å²) in [5, 5.41) is 1.22. The van der Waals surface area contributed by atoms with E-state index < -0.39 is 17.1 Å². The lowest BCUT2D eigenvalue weighted by atomic mass is 10.2. The highest BCUT2D eigenvalue weighted by Gasteiger charge is 2.22. The molecule has 0 saturated carbocycles. The van der Waals surface area contributed by atoms with Gasteiger partial charge in [0.1, 0.15) is 11.5 Å². The fourth-order valence-corrected chi connectivity index (χ4v) is 4.29. The summed E-state index contributed by atoms with van der Waals surface area (Å²) in [4.78, 5) is 0. The Bertz CT molecular complexity index is 437. The minimum absolute atomic E-state index is 0.665. The summed E-state index contributed by atoms with van der Waals surface area (Å²) in [5.41, 5.74) is 1.13. The minimum atomic E-state index is -1.65. The van der Waals surface area contributed by atoms with Gasteiger partial charge >= 0.3 is 10.5 Å². The lowest BCUT2D eigenvalue weighted by molar-refractivity contribution is 0.512. The van der Waals surface area contributed by atoms with E-state index in [0.29, 0.717) is 0 Å². The smallest absolute Gasteiger partial charge is 0.341 e. The van der Waals surface area contributed by atoms with E-state index in [4.69, 9.17) is 8.85 Å². The standard InChI is InChI=1S/C13H20O2Si3/c1-7-10-8-9-11(15-18(4,5)6)12(14-16)13(10)17(2)3/h7-9H,1H2,2-6H3. The van der Waals surface area contributed by atoms with Crippen molar-refractivity contribution >= 4 is 38.9 Å². The fourth-order valence-electron chi connectivity index (χ4n) is 1.78. The van der Waals surface area contributed by atoms with Crippen LogP contribution in [0.2, 0.25) is 32.7 Å². The van der Waals surface area contributed by atoms with Gasteiger partial charge in [-0.15, -0.1) is 0 Å². The van der Waals surface area contributed by atoms with Gasteiger partial charge in [0.15, 0.2) is 0 Å². The van der Waals surface area contributed by atoms with E-state index in [1.165, 1.54) is 5.19 Å². The molecule has 0 heterocycles. The van der Waals surface area contributed by atoms with Crippen LogP contribution in [0.3, 0.4) is 0 Å². The normalized spacial score (nSPS) is 11.5. The molecule has 0 saturated heterocycles. The molecule has 0 aromatic heterocycles. The molecule has 4 radical (unpaired) electrons. The molecule has 1 aromatic carbocycles. The molecule has 96 valence electrons. The van der Waals surface area contributed by atoms with Crippen molar-refractivity contribution in [2.24, 2.45) is 0 Å². The van der Waals surface area contributed by atoms with Gasteiger partial charge in [-0.1, -0.05) is 31.8 Å². The molecule has 5 heteroatoms. The molecule has 1 aromatic rings. The van der Waals surface area contributed by atoms with Crippen LogP contribution in [0.15, 0.2) is 18.7 Å². The van der Waals surface area contributed by atoms with Gasteiger partial charge in [-0.05, 0) is 36.5 Å². The molecule has 0 bridgehead atoms. The van der Waals surface area contributed by atoms with Gasteiger partial charge in [0, 0.05) is 0 Å². The number of benzene rings is 1. The molecule has 1 rings (SSSR count). The van der Waals surface area contributed by atoms with Gasteiger partial charge in [0.25, 0.3) is 0 Å². The van der Waals surface area contributed by atoms with Gasteiger partial charge in [0.05, 0.1) is 8.80 Å². The first-order valence-corrected chi connectivity index (χ1v) is 12.2. The lowest BCUT2D eigenvalue weighted by Crippen LogP contribution is -2.32. The van der Waals surface area contributed by atoms with Crippen molar-refractivity contribution in [3.05, 3.63) is 24.3 Å². The molecule has 0 spiro atoms. The molecule has 0 atom stereocenters. The highest BCUT2D eigenvalue weighted by molar-refractivity contribution is 6.73. The van der Waals surface area contributed by atoms with E-state index in [-0.39, 0.29) is 0 Å². The average Bonchev–Trinajstić information content (AvgIpc) is 2.26. The highest BCUT2D eigenvalue weighted by atomic mass is 28.4. The van der Waals surface area contributed by atoms with Crippen LogP contribution in [0.4, 0.5) is 0 Å². The van der Waals surface area contributed by atoms with Crippen LogP contribution in [-0.2, 0) is 0 Å². The maximum absolute atomic E-state index is 6.08. The zero-order chi connectivity index (χ0) is 13.9. The van der Waals surface area contributed by atoms with Crippen LogP contribution in [-0.4, -0.2) is 27.6 Å². The average molecular weight is 293 g/mol. The second kappa shape index (κ2) is 5.90. The minimum Gasteiger partial charge on any atom is -0.542 e. The zero-order valence-corrected chi connectivity index (χ0v) is 14.8. The summed E-state index contributed by atoms with van der Waals surface area (Å²) in [5.74, 6) is 1.64. The number of hydrogen-bond donors (Lipinski definition) is 0. The number of hydrogen-bond acceptors (Lipinski definition) is 2. The lowest BCUT2D eigenvalue weighted by Gasteiger charge is -2.24. The largest absolute Gasteiger partial charge is 0.542 e. The van der Waals surface area contributed by atoms with Crippen LogP contribution in [0.1, 0.15) is 5.56 Å². The Balaban J connectivity index is 3.38. The van der Waals surface area contributed by atoms with Crippen LogP contribution < -0.4 is 14.0 Å². The number of rotatable bonds is 5. The Hall–Kier alpha value is -0.789. The van der Waals surface area contributed by atoms with Crippen LogP contribution >= 0.6 is 0 Å². The molecule has 0 aliphatic heterocycles. The van der Waals surface area contributed by atoms with Gasteiger partial charge in [0.2, 0.25) is 8.32 Å². The molecule has 0 aliphatic carbocycles. The second-order valence-corrected chi connectivity index (χ2v) is 12.5. The molecular weight excluding hydrogens is 272 g/mol. The summed E-state index contributed by atoms with van der Waals surface area (Å²) in [7, 11) is 0.856. The van der Waals surface area contributed by atoms with Crippen molar-refractivity contribution in [3.63, 3.8) is 0 Å². The summed E-state index contributed by atoms with van der Waals surface area (Å²) in [6, 6.07) is 4.03. The predicted octanol–water partition coefficient (Wildman–Crippen LogP) is 2.97. The Morgan fingerprint density at radius 2 is 1.89 bits per heavy atom. The molecule has 2 nitrogen and oxygen atoms in total. The van der Waals surface area contributed by atoms with E-state index in [1.807, 2.05) is 12.1 Å². The summed E-state index contributed by atoms with van der Waals surface area (Å²) in [6.45, 7) is 14.8. The zero-order valence-electron chi connectivity index (χ0n) is 11.8. The van der Waals surface area contributed by atoms with E-state index >= 15 is 0 Å². The molecule has 0 N–H and O–H groups in total. The third kappa shape index (κ3) is 3.60. The molecule has 0 unspecified atom stereocenters. The van der Waals surface area contributed by atoms with Crippen molar-refractivity contribution in [1.29, 1.82) is 0 Å². The van der Waals surface area contributed by atoms with E-state index in [2.05, 4.69) is 55.9 Å². The Morgan fingerprint density at radius 1 is 1.28 bits per heavy atom. The summed E-state index contributed by atoms with van der Waals surface area (Å²) < 4.78 is 11.5. The first-order chi connectivity index (χ1) is 8.30. The molecule has 0 aliphatic rings. The van der Waals surface area contributed by atoms with Crippen LogP contribution in [0.25, 0.3) is 6.08 Å². The molecule has 0 fully saturated rings. The third-order valence-corrected chi connectivity index (χ3v) is 4.94. The Kier molecular flexibility index (Phi) is 5.01. The van der Waals surface area contributed by atoms with Gasteiger partial charge in [-0.25, -0.2) is 0 Å². The fraction of sp³-hybridized carbons (Fsp3) is 0.385. The first-order valence-electron chi connectivity index (χ1n) is 5.92. The van der Waals surface area contributed by atoms with Crippen molar-refractivity contribution < 1.29 is 8.85 Å². The third-order valence-electron chi connectivity index (χ3n) is 2.39. The second-order valence-electron chi connectivity index (χ2n) is 5.38. The van der Waals surface area contributed by atoms with Crippen molar-refractivity contribution in [2.45, 2.75) is 32.7 Å². The van der Waals surface area contributed by atoms with Crippen LogP contribution in [0.5, 0.6) is 11.5 Å². The monoisotopic (exact) mass is 292 g/mol. The quantitative estimate of drug-likeness (QED) is 0.777. The van der Waals surface area contributed by atoms with Crippen molar-refractivity contribution in [2.75, 3.05) is 0 Å². The van der Waals surface area contributed by atoms with Crippen LogP contribution in [0, 0.1) is 0 Å². The van der Waals surface area contributed by atoms with E-state index in [0.717, 1.165) is 17.1 Å². The summed E-state index contributed by atoms with van der Waals surface area (Å²) >= 11 is 0. The maximum atomic E-state index is 6.08. The van der Waals surface area contributed by atoms with Gasteiger partial charge in [-0.2, -0.15) is 0 Å². The summed E-state index contributed by atoms with van der Waals surface area (Å²) in [6.07, 6.45) is 1.88. The van der Waals surface area contributed by atoms with Crippen molar-refractivity contribution in [1.82, 2.24) is 0 Å². The molecular formula is C13H20O2Si3. The predicted molar refractivity (Wildman–Crippen MR) is 84.0 cm³/mol. The van der Waals surface area contributed by atoms with Gasteiger partial charge in [-0.3, -0.25) is 0 Å². The highest BCUT2D eigenvalue weighted by Crippen LogP contribution is 2.29. The van der Waals surface area contributed by atoms with Crippen molar-refractivity contribution in [3.8, 4) is 11.5 Å².